The second-order valence-corrected chi connectivity index (χ2v) is 6.99. The van der Waals surface area contributed by atoms with Gasteiger partial charge in [-0.25, -0.2) is 0 Å². The third kappa shape index (κ3) is 2.98. The lowest BCUT2D eigenvalue weighted by molar-refractivity contribution is -0.146. The minimum atomic E-state index is -4.70. The smallest absolute Gasteiger partial charge is 0.418 e. The molecule has 146 valence electrons. The lowest BCUT2D eigenvalue weighted by Crippen LogP contribution is -2.31. The van der Waals surface area contributed by atoms with E-state index in [-0.39, 0.29) is 12.1 Å². The zero-order valence-corrected chi connectivity index (χ0v) is 13.9. The number of nitrogens with one attached hydrogen (secondary N) is 1. The number of hydrogen-bond donors (Lipinski definition) is 4. The fourth-order valence-corrected chi connectivity index (χ4v) is 4.58. The predicted octanol–water partition coefficient (Wildman–Crippen LogP) is 2.43. The van der Waals surface area contributed by atoms with Crippen molar-refractivity contribution in [1.29, 1.82) is 0 Å². The van der Waals surface area contributed by atoms with Gasteiger partial charge in [-0.15, -0.1) is 0 Å². The van der Waals surface area contributed by atoms with Crippen LogP contribution in [0.1, 0.15) is 24.8 Å². The van der Waals surface area contributed by atoms with Crippen LogP contribution in [0, 0.1) is 23.2 Å². The SMILES string of the molecule is Nc1c(NC(=O)CC23C(C(=O)O)CCC2C3C(=O)O)cccc1C(F)(F)F. The molecule has 1 amide bonds. The zero-order chi connectivity index (χ0) is 20.1. The summed E-state index contributed by atoms with van der Waals surface area (Å²) in [6.45, 7) is 0. The number of para-hydroxylation sites is 1. The Morgan fingerprint density at radius 2 is 1.85 bits per heavy atom. The standard InChI is InChI=1S/C17H17F3N2O5/c18-17(19,20)8-2-1-3-10(13(8)21)22-11(23)6-16-7(12(16)15(26)27)4-5-9(16)14(24)25/h1-3,7,9,12H,4-6,21H2,(H,22,23)(H,24,25)(H,26,27). The highest BCUT2D eigenvalue weighted by atomic mass is 19.4. The molecular formula is C17H17F3N2O5. The molecule has 0 aromatic heterocycles. The lowest BCUT2D eigenvalue weighted by atomic mass is 9.84. The van der Waals surface area contributed by atoms with Crippen LogP contribution in [-0.4, -0.2) is 28.1 Å². The summed E-state index contributed by atoms with van der Waals surface area (Å²) < 4.78 is 38.8. The van der Waals surface area contributed by atoms with Gasteiger partial charge in [-0.3, -0.25) is 14.4 Å². The third-order valence-corrected chi connectivity index (χ3v) is 5.69. The molecule has 27 heavy (non-hydrogen) atoms. The van der Waals surface area contributed by atoms with E-state index in [2.05, 4.69) is 5.32 Å². The van der Waals surface area contributed by atoms with Gasteiger partial charge in [0.1, 0.15) is 0 Å². The monoisotopic (exact) mass is 386 g/mol. The number of nitrogens with two attached hydrogens (primary N) is 1. The number of alkyl halides is 3. The molecule has 1 aromatic rings. The summed E-state index contributed by atoms with van der Waals surface area (Å²) in [5, 5.41) is 21.0. The number of nitrogen functional groups attached to an aromatic ring is 1. The summed E-state index contributed by atoms with van der Waals surface area (Å²) in [7, 11) is 0. The van der Waals surface area contributed by atoms with Crippen LogP contribution in [-0.2, 0) is 20.6 Å². The number of carbonyl (C=O) groups is 3. The number of halogens is 3. The number of hydrogen-bond acceptors (Lipinski definition) is 4. The summed E-state index contributed by atoms with van der Waals surface area (Å²) >= 11 is 0. The molecule has 1 aromatic carbocycles. The van der Waals surface area contributed by atoms with Crippen LogP contribution in [0.4, 0.5) is 24.5 Å². The third-order valence-electron chi connectivity index (χ3n) is 5.69. The Hall–Kier alpha value is -2.78. The summed E-state index contributed by atoms with van der Waals surface area (Å²) in [6.07, 6.45) is -4.45. The minimum absolute atomic E-state index is 0.250. The van der Waals surface area contributed by atoms with Gasteiger partial charge in [-0.2, -0.15) is 13.2 Å². The van der Waals surface area contributed by atoms with Crippen molar-refractivity contribution in [1.82, 2.24) is 0 Å². The molecule has 0 radical (unpaired) electrons. The van der Waals surface area contributed by atoms with Gasteiger partial charge in [0.15, 0.2) is 0 Å². The van der Waals surface area contributed by atoms with Gasteiger partial charge in [0, 0.05) is 11.8 Å². The maximum atomic E-state index is 12.9. The number of benzene rings is 1. The van der Waals surface area contributed by atoms with Crippen molar-refractivity contribution in [3.63, 3.8) is 0 Å². The van der Waals surface area contributed by atoms with E-state index in [1.807, 2.05) is 0 Å². The van der Waals surface area contributed by atoms with Crippen molar-refractivity contribution in [3.8, 4) is 0 Å². The summed E-state index contributed by atoms with van der Waals surface area (Å²) in [5.41, 5.74) is 2.28. The number of anilines is 2. The molecule has 0 spiro atoms. The molecule has 10 heteroatoms. The quantitative estimate of drug-likeness (QED) is 0.575. The Morgan fingerprint density at radius 3 is 2.37 bits per heavy atom. The maximum absolute atomic E-state index is 12.9. The molecule has 2 fully saturated rings. The number of carbonyl (C=O) groups excluding carboxylic acids is 1. The Balaban J connectivity index is 1.82. The average Bonchev–Trinajstić information content (AvgIpc) is 3.01. The molecule has 0 saturated heterocycles. The molecule has 0 aliphatic heterocycles. The largest absolute Gasteiger partial charge is 0.481 e. The highest BCUT2D eigenvalue weighted by Crippen LogP contribution is 2.73. The molecule has 0 bridgehead atoms. The summed E-state index contributed by atoms with van der Waals surface area (Å²) in [5.74, 6) is -5.46. The molecule has 2 aliphatic rings. The van der Waals surface area contributed by atoms with Crippen LogP contribution < -0.4 is 11.1 Å². The molecule has 3 rings (SSSR count). The van der Waals surface area contributed by atoms with Gasteiger partial charge in [0.05, 0.1) is 28.8 Å². The average molecular weight is 386 g/mol. The van der Waals surface area contributed by atoms with Gasteiger partial charge in [-0.05, 0) is 30.9 Å². The number of carboxylic acid groups (broad SMARTS) is 2. The van der Waals surface area contributed by atoms with E-state index in [0.29, 0.717) is 6.42 Å². The molecule has 2 saturated carbocycles. The number of rotatable bonds is 5. The van der Waals surface area contributed by atoms with Crippen molar-refractivity contribution in [2.45, 2.75) is 25.4 Å². The maximum Gasteiger partial charge on any atom is 0.418 e. The van der Waals surface area contributed by atoms with Crippen LogP contribution >= 0.6 is 0 Å². The highest BCUT2D eigenvalue weighted by Gasteiger charge is 2.76. The van der Waals surface area contributed by atoms with E-state index in [1.54, 1.807) is 0 Å². The second-order valence-electron chi connectivity index (χ2n) is 6.99. The first-order valence-electron chi connectivity index (χ1n) is 8.21. The van der Waals surface area contributed by atoms with Crippen LogP contribution in [0.15, 0.2) is 18.2 Å². The first-order chi connectivity index (χ1) is 12.5. The van der Waals surface area contributed by atoms with Crippen molar-refractivity contribution in [2.75, 3.05) is 11.1 Å². The molecular weight excluding hydrogens is 369 g/mol. The van der Waals surface area contributed by atoms with Crippen molar-refractivity contribution < 1.29 is 37.8 Å². The fourth-order valence-electron chi connectivity index (χ4n) is 4.58. The molecule has 5 N–H and O–H groups in total. The fraction of sp³-hybridized carbons (Fsp3) is 0.471. The summed E-state index contributed by atoms with van der Waals surface area (Å²) in [4.78, 5) is 35.3. The Kier molecular flexibility index (Phi) is 4.32. The van der Waals surface area contributed by atoms with Crippen molar-refractivity contribution in [3.05, 3.63) is 23.8 Å². The van der Waals surface area contributed by atoms with Gasteiger partial charge in [0.25, 0.3) is 0 Å². The van der Waals surface area contributed by atoms with E-state index >= 15 is 0 Å². The first kappa shape index (κ1) is 19.0. The molecule has 4 unspecified atom stereocenters. The number of aliphatic carboxylic acids is 2. The predicted molar refractivity (Wildman–Crippen MR) is 86.5 cm³/mol. The van der Waals surface area contributed by atoms with E-state index in [0.717, 1.165) is 12.1 Å². The number of carboxylic acids is 2. The zero-order valence-electron chi connectivity index (χ0n) is 13.9. The Labute approximate surface area is 151 Å². The number of fused-ring (bicyclic) bond motifs is 1. The van der Waals surface area contributed by atoms with Crippen LogP contribution in [0.25, 0.3) is 0 Å². The minimum Gasteiger partial charge on any atom is -0.481 e. The highest BCUT2D eigenvalue weighted by molar-refractivity contribution is 5.96. The van der Waals surface area contributed by atoms with Gasteiger partial charge < -0.3 is 21.3 Å². The lowest BCUT2D eigenvalue weighted by Gasteiger charge is -2.21. The van der Waals surface area contributed by atoms with E-state index < -0.39 is 64.9 Å². The summed E-state index contributed by atoms with van der Waals surface area (Å²) in [6, 6.07) is 3.06. The van der Waals surface area contributed by atoms with Crippen LogP contribution in [0.5, 0.6) is 0 Å². The molecule has 0 heterocycles. The van der Waals surface area contributed by atoms with Crippen molar-refractivity contribution >= 4 is 29.2 Å². The van der Waals surface area contributed by atoms with Gasteiger partial charge >= 0.3 is 18.1 Å². The van der Waals surface area contributed by atoms with E-state index in [9.17, 15) is 37.8 Å². The van der Waals surface area contributed by atoms with E-state index in [4.69, 9.17) is 5.73 Å². The number of amides is 1. The van der Waals surface area contributed by atoms with Gasteiger partial charge in [0.2, 0.25) is 5.91 Å². The normalized spacial score (nSPS) is 29.1. The van der Waals surface area contributed by atoms with Crippen LogP contribution in [0.2, 0.25) is 0 Å². The Bertz CT molecular complexity index is 825. The van der Waals surface area contributed by atoms with Crippen molar-refractivity contribution in [2.24, 2.45) is 23.2 Å². The topological polar surface area (TPSA) is 130 Å². The van der Waals surface area contributed by atoms with Crippen LogP contribution in [0.3, 0.4) is 0 Å². The Morgan fingerprint density at radius 1 is 1.19 bits per heavy atom. The van der Waals surface area contributed by atoms with E-state index in [1.165, 1.54) is 6.07 Å². The molecule has 4 atom stereocenters. The molecule has 2 aliphatic carbocycles. The second kappa shape index (κ2) is 6.14. The van der Waals surface area contributed by atoms with Gasteiger partial charge in [-0.1, -0.05) is 6.07 Å². The first-order valence-corrected chi connectivity index (χ1v) is 8.21. The molecule has 7 nitrogen and oxygen atoms in total.